The predicted molar refractivity (Wildman–Crippen MR) is 80.6 cm³/mol. The quantitative estimate of drug-likeness (QED) is 0.631. The number of thioether (sulfide) groups is 1. The third kappa shape index (κ3) is 6.67. The van der Waals surface area contributed by atoms with Gasteiger partial charge in [0, 0.05) is 24.1 Å². The Kier molecular flexibility index (Phi) is 7.46. The summed E-state index contributed by atoms with van der Waals surface area (Å²) >= 11 is 1.39. The molecule has 0 amide bonds. The molecule has 20 heavy (non-hydrogen) atoms. The van der Waals surface area contributed by atoms with Gasteiger partial charge in [0.15, 0.2) is 9.84 Å². The van der Waals surface area contributed by atoms with Gasteiger partial charge in [-0.1, -0.05) is 32.5 Å². The minimum atomic E-state index is -2.94. The topological polar surface area (TPSA) is 89.8 Å². The Labute approximate surface area is 124 Å². The van der Waals surface area contributed by atoms with Crippen LogP contribution in [-0.2, 0) is 16.4 Å². The lowest BCUT2D eigenvalue weighted by molar-refractivity contribution is 0.485. The molecular formula is C11H23N5O2S2. The van der Waals surface area contributed by atoms with Crippen LogP contribution in [0.25, 0.3) is 0 Å². The summed E-state index contributed by atoms with van der Waals surface area (Å²) in [6, 6.07) is 0.418. The molecule has 116 valence electrons. The summed E-state index contributed by atoms with van der Waals surface area (Å²) in [4.78, 5) is 0. The smallest absolute Gasteiger partial charge is 0.209 e. The largest absolute Gasteiger partial charge is 0.313 e. The summed E-state index contributed by atoms with van der Waals surface area (Å²) in [7, 11) is -2.94. The van der Waals surface area contributed by atoms with Gasteiger partial charge in [-0.25, -0.2) is 13.1 Å². The molecule has 0 aliphatic rings. The van der Waals surface area contributed by atoms with Crippen LogP contribution in [0.5, 0.6) is 0 Å². The molecule has 0 radical (unpaired) electrons. The molecule has 0 unspecified atom stereocenters. The van der Waals surface area contributed by atoms with Crippen molar-refractivity contribution in [1.82, 2.24) is 25.5 Å². The minimum absolute atomic E-state index is 0.169. The number of hydrogen-bond donors (Lipinski definition) is 1. The average Bonchev–Trinajstić information content (AvgIpc) is 2.76. The van der Waals surface area contributed by atoms with E-state index in [9.17, 15) is 8.42 Å². The molecule has 0 saturated heterocycles. The second-order valence-corrected chi connectivity index (χ2v) is 8.16. The van der Waals surface area contributed by atoms with Crippen LogP contribution in [-0.4, -0.2) is 58.5 Å². The SMILES string of the molecule is CCCS(=O)(=O)CCSc1nnnn1CCNC(C)C. The Morgan fingerprint density at radius 1 is 1.35 bits per heavy atom. The predicted octanol–water partition coefficient (Wildman–Crippen LogP) is 0.588. The molecule has 0 aliphatic heterocycles. The first-order valence-corrected chi connectivity index (χ1v) is 9.58. The van der Waals surface area contributed by atoms with E-state index >= 15 is 0 Å². The van der Waals surface area contributed by atoms with Crippen LogP contribution in [0.1, 0.15) is 27.2 Å². The third-order valence-corrected chi connectivity index (χ3v) is 5.59. The number of rotatable bonds is 10. The second kappa shape index (κ2) is 8.58. The first kappa shape index (κ1) is 17.4. The highest BCUT2D eigenvalue weighted by atomic mass is 32.2. The lowest BCUT2D eigenvalue weighted by atomic mass is 10.4. The zero-order chi connectivity index (χ0) is 15.0. The fraction of sp³-hybridized carbons (Fsp3) is 0.909. The van der Waals surface area contributed by atoms with Gasteiger partial charge in [0.1, 0.15) is 0 Å². The van der Waals surface area contributed by atoms with Crippen molar-refractivity contribution in [2.45, 2.75) is 44.9 Å². The Hall–Kier alpha value is -0.670. The maximum atomic E-state index is 11.6. The van der Waals surface area contributed by atoms with E-state index in [2.05, 4.69) is 34.7 Å². The van der Waals surface area contributed by atoms with Crippen LogP contribution in [0.3, 0.4) is 0 Å². The van der Waals surface area contributed by atoms with Crippen molar-refractivity contribution in [3.63, 3.8) is 0 Å². The zero-order valence-electron chi connectivity index (χ0n) is 12.2. The highest BCUT2D eigenvalue weighted by molar-refractivity contribution is 8.00. The van der Waals surface area contributed by atoms with Gasteiger partial charge in [-0.05, 0) is 16.8 Å². The van der Waals surface area contributed by atoms with Gasteiger partial charge in [-0.15, -0.1) is 5.10 Å². The summed E-state index contributed by atoms with van der Waals surface area (Å²) in [5, 5.41) is 15.4. The maximum Gasteiger partial charge on any atom is 0.209 e. The van der Waals surface area contributed by atoms with E-state index in [-0.39, 0.29) is 11.5 Å². The van der Waals surface area contributed by atoms with Gasteiger partial charge in [0.25, 0.3) is 0 Å². The van der Waals surface area contributed by atoms with Crippen LogP contribution in [0, 0.1) is 0 Å². The van der Waals surface area contributed by atoms with Gasteiger partial charge in [-0.3, -0.25) is 0 Å². The molecule has 0 bridgehead atoms. The van der Waals surface area contributed by atoms with E-state index < -0.39 is 9.84 Å². The van der Waals surface area contributed by atoms with Gasteiger partial charge in [0.05, 0.1) is 12.3 Å². The molecule has 0 saturated carbocycles. The van der Waals surface area contributed by atoms with Crippen LogP contribution in [0.2, 0.25) is 0 Å². The highest BCUT2D eigenvalue weighted by Gasteiger charge is 2.12. The van der Waals surface area contributed by atoms with Crippen LogP contribution >= 0.6 is 11.8 Å². The number of aromatic nitrogens is 4. The summed E-state index contributed by atoms with van der Waals surface area (Å²) in [5.41, 5.74) is 0. The van der Waals surface area contributed by atoms with Crippen molar-refractivity contribution in [3.05, 3.63) is 0 Å². The molecule has 1 aromatic heterocycles. The van der Waals surface area contributed by atoms with Crippen molar-refractivity contribution < 1.29 is 8.42 Å². The van der Waals surface area contributed by atoms with E-state index in [1.807, 2.05) is 6.92 Å². The van der Waals surface area contributed by atoms with Gasteiger partial charge < -0.3 is 5.32 Å². The number of tetrazole rings is 1. The lowest BCUT2D eigenvalue weighted by Crippen LogP contribution is -2.27. The van der Waals surface area contributed by atoms with Crippen molar-refractivity contribution in [1.29, 1.82) is 0 Å². The van der Waals surface area contributed by atoms with E-state index in [1.54, 1.807) is 4.68 Å². The van der Waals surface area contributed by atoms with Crippen LogP contribution < -0.4 is 5.32 Å². The fourth-order valence-electron chi connectivity index (χ4n) is 1.57. The molecule has 1 heterocycles. The lowest BCUT2D eigenvalue weighted by Gasteiger charge is -2.08. The molecule has 1 rings (SSSR count). The molecule has 1 N–H and O–H groups in total. The summed E-state index contributed by atoms with van der Waals surface area (Å²) in [6.07, 6.45) is 0.658. The molecule has 7 nitrogen and oxygen atoms in total. The molecule has 0 atom stereocenters. The first-order valence-electron chi connectivity index (χ1n) is 6.77. The van der Waals surface area contributed by atoms with Crippen LogP contribution in [0.15, 0.2) is 5.16 Å². The molecular weight excluding hydrogens is 298 g/mol. The minimum Gasteiger partial charge on any atom is -0.313 e. The van der Waals surface area contributed by atoms with E-state index in [0.29, 0.717) is 29.9 Å². The normalized spacial score (nSPS) is 12.2. The maximum absolute atomic E-state index is 11.6. The van der Waals surface area contributed by atoms with Crippen molar-refractivity contribution >= 4 is 21.6 Å². The Morgan fingerprint density at radius 3 is 2.75 bits per heavy atom. The fourth-order valence-corrected chi connectivity index (χ4v) is 4.30. The molecule has 0 fully saturated rings. The highest BCUT2D eigenvalue weighted by Crippen LogP contribution is 2.14. The second-order valence-electron chi connectivity index (χ2n) is 4.79. The number of sulfone groups is 1. The number of hydrogen-bond acceptors (Lipinski definition) is 7. The standard InChI is InChI=1S/C11H23N5O2S2/c1-4-8-20(17,18)9-7-19-11-13-14-15-16(11)6-5-12-10(2)3/h10,12H,4-9H2,1-3H3. The third-order valence-electron chi connectivity index (χ3n) is 2.52. The zero-order valence-corrected chi connectivity index (χ0v) is 13.9. The first-order chi connectivity index (χ1) is 9.44. The van der Waals surface area contributed by atoms with E-state index in [0.717, 1.165) is 6.54 Å². The van der Waals surface area contributed by atoms with Gasteiger partial charge in [0.2, 0.25) is 5.16 Å². The summed E-state index contributed by atoms with van der Waals surface area (Å²) in [5.74, 6) is 0.903. The average molecular weight is 321 g/mol. The molecule has 0 spiro atoms. The Balaban J connectivity index is 2.39. The van der Waals surface area contributed by atoms with Crippen molar-refractivity contribution in [3.8, 4) is 0 Å². The monoisotopic (exact) mass is 321 g/mol. The summed E-state index contributed by atoms with van der Waals surface area (Å²) < 4.78 is 24.9. The van der Waals surface area contributed by atoms with Crippen molar-refractivity contribution in [2.24, 2.45) is 0 Å². The number of nitrogens with zero attached hydrogens (tertiary/aromatic N) is 4. The summed E-state index contributed by atoms with van der Waals surface area (Å²) in [6.45, 7) is 7.48. The number of nitrogens with one attached hydrogen (secondary N) is 1. The Bertz CT molecular complexity index is 487. The Morgan fingerprint density at radius 2 is 2.10 bits per heavy atom. The van der Waals surface area contributed by atoms with Crippen molar-refractivity contribution in [2.75, 3.05) is 23.8 Å². The van der Waals surface area contributed by atoms with Gasteiger partial charge >= 0.3 is 0 Å². The van der Waals surface area contributed by atoms with E-state index in [4.69, 9.17) is 0 Å². The molecule has 0 aromatic carbocycles. The van der Waals surface area contributed by atoms with E-state index in [1.165, 1.54) is 11.8 Å². The molecule has 9 heteroatoms. The van der Waals surface area contributed by atoms with Gasteiger partial charge in [-0.2, -0.15) is 0 Å². The van der Waals surface area contributed by atoms with Crippen LogP contribution in [0.4, 0.5) is 0 Å². The molecule has 0 aliphatic carbocycles. The molecule has 1 aromatic rings.